The number of nitrogens with two attached hydrogens (primary N) is 1. The molecule has 0 atom stereocenters. The van der Waals surface area contributed by atoms with E-state index in [0.29, 0.717) is 0 Å². The van der Waals surface area contributed by atoms with Gasteiger partial charge in [-0.15, -0.1) is 0 Å². The molecule has 0 aromatic carbocycles. The summed E-state index contributed by atoms with van der Waals surface area (Å²) in [5.41, 5.74) is 5.93. The van der Waals surface area contributed by atoms with Gasteiger partial charge in [-0.25, -0.2) is 0 Å². The van der Waals surface area contributed by atoms with E-state index in [2.05, 4.69) is 15.0 Å². The van der Waals surface area contributed by atoms with Crippen molar-refractivity contribution in [3.63, 3.8) is 0 Å². The molecule has 0 aliphatic carbocycles. The average molecular weight is 263 g/mol. The van der Waals surface area contributed by atoms with E-state index >= 15 is 0 Å². The van der Waals surface area contributed by atoms with Gasteiger partial charge in [0.1, 0.15) is 6.61 Å². The fourth-order valence-corrected chi connectivity index (χ4v) is 1.13. The molecule has 18 heavy (non-hydrogen) atoms. The highest BCUT2D eigenvalue weighted by Gasteiger charge is 2.27. The number of amides is 1. The van der Waals surface area contributed by atoms with Crippen molar-refractivity contribution in [3.05, 3.63) is 24.0 Å². The minimum absolute atomic E-state index is 0.0311. The van der Waals surface area contributed by atoms with Gasteiger partial charge in [-0.05, 0) is 6.07 Å². The van der Waals surface area contributed by atoms with Crippen LogP contribution in [0.4, 0.5) is 18.9 Å². The van der Waals surface area contributed by atoms with Crippen molar-refractivity contribution >= 4 is 11.6 Å². The first-order chi connectivity index (χ1) is 8.40. The molecule has 0 unspecified atom stereocenters. The number of aromatic nitrogens is 1. The number of hydrogen-bond acceptors (Lipinski definition) is 4. The van der Waals surface area contributed by atoms with Crippen LogP contribution in [0.5, 0.6) is 0 Å². The first-order valence-corrected chi connectivity index (χ1v) is 5.02. The van der Waals surface area contributed by atoms with Crippen LogP contribution < -0.4 is 11.1 Å². The Kier molecular flexibility index (Phi) is 4.90. The molecule has 0 radical (unpaired) electrons. The molecule has 0 aliphatic heterocycles. The number of pyridine rings is 1. The number of carbonyl (C=O) groups is 1. The van der Waals surface area contributed by atoms with Crippen molar-refractivity contribution in [2.45, 2.75) is 6.18 Å². The highest BCUT2D eigenvalue weighted by molar-refractivity contribution is 5.98. The van der Waals surface area contributed by atoms with Gasteiger partial charge >= 0.3 is 6.18 Å². The number of nitrogens with one attached hydrogen (secondary N) is 1. The Morgan fingerprint density at radius 3 is 2.83 bits per heavy atom. The number of rotatable bonds is 5. The second kappa shape index (κ2) is 6.20. The molecule has 0 aliphatic rings. The van der Waals surface area contributed by atoms with Gasteiger partial charge in [0.05, 0.1) is 24.1 Å². The topological polar surface area (TPSA) is 77.2 Å². The fraction of sp³-hybridized carbons (Fsp3) is 0.400. The maximum Gasteiger partial charge on any atom is 0.411 e. The number of anilines is 1. The third kappa shape index (κ3) is 5.00. The van der Waals surface area contributed by atoms with E-state index in [1.165, 1.54) is 18.5 Å². The molecule has 0 saturated carbocycles. The Morgan fingerprint density at radius 2 is 2.22 bits per heavy atom. The van der Waals surface area contributed by atoms with Crippen LogP contribution in [-0.2, 0) is 4.74 Å². The van der Waals surface area contributed by atoms with Crippen molar-refractivity contribution in [2.24, 2.45) is 0 Å². The van der Waals surface area contributed by atoms with E-state index in [4.69, 9.17) is 5.73 Å². The lowest BCUT2D eigenvalue weighted by molar-refractivity contribution is -0.173. The van der Waals surface area contributed by atoms with Gasteiger partial charge in [-0.3, -0.25) is 9.78 Å². The third-order valence-electron chi connectivity index (χ3n) is 1.89. The lowest BCUT2D eigenvalue weighted by atomic mass is 10.2. The maximum absolute atomic E-state index is 11.7. The smallest absolute Gasteiger partial charge is 0.397 e. The Hall–Kier alpha value is -1.83. The normalized spacial score (nSPS) is 11.3. The van der Waals surface area contributed by atoms with Gasteiger partial charge < -0.3 is 15.8 Å². The zero-order valence-corrected chi connectivity index (χ0v) is 9.33. The number of ether oxygens (including phenoxy) is 1. The van der Waals surface area contributed by atoms with Crippen LogP contribution in [0.3, 0.4) is 0 Å². The molecule has 100 valence electrons. The summed E-state index contributed by atoms with van der Waals surface area (Å²) < 4.78 is 39.5. The highest BCUT2D eigenvalue weighted by Crippen LogP contribution is 2.14. The molecule has 1 aromatic rings. The number of halogens is 3. The molecule has 1 amide bonds. The monoisotopic (exact) mass is 263 g/mol. The Labute approximate surface area is 101 Å². The minimum atomic E-state index is -4.36. The molecule has 5 nitrogen and oxygen atoms in total. The van der Waals surface area contributed by atoms with Gasteiger partial charge in [0.2, 0.25) is 0 Å². The van der Waals surface area contributed by atoms with E-state index < -0.39 is 18.7 Å². The predicted molar refractivity (Wildman–Crippen MR) is 57.9 cm³/mol. The standard InChI is InChI=1S/C10H12F3N3O2/c11-10(12,13)6-18-4-3-16-9(17)7-1-2-15-5-8(7)14/h1-2,5H,3-4,6,14H2,(H,16,17). The highest BCUT2D eigenvalue weighted by atomic mass is 19.4. The second-order valence-corrected chi connectivity index (χ2v) is 3.39. The summed E-state index contributed by atoms with van der Waals surface area (Å²) in [5, 5.41) is 2.39. The van der Waals surface area contributed by atoms with Crippen LogP contribution in [0.25, 0.3) is 0 Å². The largest absolute Gasteiger partial charge is 0.411 e. The Bertz CT molecular complexity index is 410. The van der Waals surface area contributed by atoms with Crippen LogP contribution in [0.15, 0.2) is 18.5 Å². The number of alkyl halides is 3. The molecule has 1 rings (SSSR count). The fourth-order valence-electron chi connectivity index (χ4n) is 1.13. The molecule has 8 heteroatoms. The number of nitrogens with zero attached hydrogens (tertiary/aromatic N) is 1. The van der Waals surface area contributed by atoms with Crippen LogP contribution in [-0.4, -0.2) is 36.8 Å². The minimum Gasteiger partial charge on any atom is -0.397 e. The lowest BCUT2D eigenvalue weighted by Crippen LogP contribution is -2.29. The first-order valence-electron chi connectivity index (χ1n) is 5.02. The van der Waals surface area contributed by atoms with Crippen LogP contribution >= 0.6 is 0 Å². The number of hydrogen-bond donors (Lipinski definition) is 2. The number of nitrogen functional groups attached to an aromatic ring is 1. The van der Waals surface area contributed by atoms with Crippen LogP contribution in [0.1, 0.15) is 10.4 Å². The molecular formula is C10H12F3N3O2. The van der Waals surface area contributed by atoms with Crippen LogP contribution in [0.2, 0.25) is 0 Å². The van der Waals surface area contributed by atoms with Gasteiger partial charge in [-0.1, -0.05) is 0 Å². The summed E-state index contributed by atoms with van der Waals surface area (Å²) in [6.07, 6.45) is -1.65. The lowest BCUT2D eigenvalue weighted by Gasteiger charge is -2.09. The average Bonchev–Trinajstić information content (AvgIpc) is 2.27. The third-order valence-corrected chi connectivity index (χ3v) is 1.89. The van der Waals surface area contributed by atoms with Crippen molar-refractivity contribution in [2.75, 3.05) is 25.5 Å². The SMILES string of the molecule is Nc1cnccc1C(=O)NCCOCC(F)(F)F. The van der Waals surface area contributed by atoms with Crippen molar-refractivity contribution < 1.29 is 22.7 Å². The quantitative estimate of drug-likeness (QED) is 0.776. The first kappa shape index (κ1) is 14.2. The summed E-state index contributed by atoms with van der Waals surface area (Å²) in [7, 11) is 0. The Balaban J connectivity index is 2.28. The van der Waals surface area contributed by atoms with E-state index in [-0.39, 0.29) is 24.4 Å². The summed E-state index contributed by atoms with van der Waals surface area (Å²) in [6, 6.07) is 1.42. The van der Waals surface area contributed by atoms with Crippen molar-refractivity contribution in [1.29, 1.82) is 0 Å². The molecule has 1 heterocycles. The summed E-state index contributed by atoms with van der Waals surface area (Å²) in [6.45, 7) is -1.59. The second-order valence-electron chi connectivity index (χ2n) is 3.39. The zero-order chi connectivity index (χ0) is 13.6. The summed E-state index contributed by atoms with van der Waals surface area (Å²) in [5.74, 6) is -0.481. The van der Waals surface area contributed by atoms with Gasteiger partial charge in [-0.2, -0.15) is 13.2 Å². The van der Waals surface area contributed by atoms with Gasteiger partial charge in [0, 0.05) is 12.7 Å². The molecule has 0 fully saturated rings. The van der Waals surface area contributed by atoms with Gasteiger partial charge in [0.25, 0.3) is 5.91 Å². The molecule has 0 saturated heterocycles. The molecule has 0 spiro atoms. The molecule has 3 N–H and O–H groups in total. The predicted octanol–water partition coefficient (Wildman–Crippen LogP) is 0.973. The van der Waals surface area contributed by atoms with Crippen molar-refractivity contribution in [1.82, 2.24) is 10.3 Å². The van der Waals surface area contributed by atoms with E-state index in [0.717, 1.165) is 0 Å². The Morgan fingerprint density at radius 1 is 1.50 bits per heavy atom. The van der Waals surface area contributed by atoms with Crippen LogP contribution in [0, 0.1) is 0 Å². The molecule has 0 bridgehead atoms. The maximum atomic E-state index is 11.7. The molecule has 1 aromatic heterocycles. The zero-order valence-electron chi connectivity index (χ0n) is 9.33. The summed E-state index contributed by atoms with van der Waals surface area (Å²) in [4.78, 5) is 15.2. The van der Waals surface area contributed by atoms with Gasteiger partial charge in [0.15, 0.2) is 0 Å². The van der Waals surface area contributed by atoms with Crippen molar-refractivity contribution in [3.8, 4) is 0 Å². The summed E-state index contributed by atoms with van der Waals surface area (Å²) >= 11 is 0. The van der Waals surface area contributed by atoms with E-state index in [9.17, 15) is 18.0 Å². The van der Waals surface area contributed by atoms with E-state index in [1.807, 2.05) is 0 Å². The van der Waals surface area contributed by atoms with E-state index in [1.54, 1.807) is 0 Å². The number of carbonyl (C=O) groups excluding carboxylic acids is 1. The molecular weight excluding hydrogens is 251 g/mol.